The van der Waals surface area contributed by atoms with Gasteiger partial charge in [0.25, 0.3) is 0 Å². The van der Waals surface area contributed by atoms with Crippen molar-refractivity contribution in [3.8, 4) is 5.88 Å². The number of ether oxygens (including phenoxy) is 1. The molecule has 1 fully saturated rings. The molecular weight excluding hydrogens is 346 g/mol. The van der Waals surface area contributed by atoms with Crippen LogP contribution in [0.1, 0.15) is 26.7 Å². The van der Waals surface area contributed by atoms with Crippen LogP contribution in [0.2, 0.25) is 0 Å². The zero-order valence-corrected chi connectivity index (χ0v) is 15.8. The van der Waals surface area contributed by atoms with E-state index < -0.39 is 0 Å². The van der Waals surface area contributed by atoms with Gasteiger partial charge in [0.2, 0.25) is 5.88 Å². The van der Waals surface area contributed by atoms with Crippen LogP contribution >= 0.6 is 0 Å². The van der Waals surface area contributed by atoms with Gasteiger partial charge in [0.1, 0.15) is 12.1 Å². The van der Waals surface area contributed by atoms with E-state index in [0.29, 0.717) is 32.1 Å². The lowest BCUT2D eigenvalue weighted by Crippen LogP contribution is -2.49. The van der Waals surface area contributed by atoms with E-state index in [9.17, 15) is 4.79 Å². The van der Waals surface area contributed by atoms with Gasteiger partial charge in [-0.2, -0.15) is 5.10 Å². The number of rotatable bonds is 7. The first-order valence-corrected chi connectivity index (χ1v) is 9.38. The van der Waals surface area contributed by atoms with Crippen LogP contribution in [-0.2, 0) is 6.54 Å². The maximum absolute atomic E-state index is 12.4. The van der Waals surface area contributed by atoms with Crippen LogP contribution < -0.4 is 15.4 Å². The molecule has 0 spiro atoms. The number of likely N-dealkylation sites (tertiary alicyclic amines) is 1. The van der Waals surface area contributed by atoms with Crippen molar-refractivity contribution in [3.05, 3.63) is 30.9 Å². The van der Waals surface area contributed by atoms with Crippen LogP contribution in [0.25, 0.3) is 0 Å². The average Bonchev–Trinajstić information content (AvgIpc) is 3.15. The highest BCUT2D eigenvalue weighted by Crippen LogP contribution is 2.17. The minimum absolute atomic E-state index is 0.0197. The Labute approximate surface area is 159 Å². The number of nitrogens with one attached hydrogen (secondary N) is 2. The van der Waals surface area contributed by atoms with E-state index in [1.807, 2.05) is 35.7 Å². The summed E-state index contributed by atoms with van der Waals surface area (Å²) in [6, 6.07) is 3.96. The van der Waals surface area contributed by atoms with Gasteiger partial charge in [0.05, 0.1) is 13.2 Å². The number of urea groups is 1. The second-order valence-corrected chi connectivity index (χ2v) is 6.66. The van der Waals surface area contributed by atoms with Crippen molar-refractivity contribution in [2.45, 2.75) is 45.3 Å². The molecule has 0 saturated carbocycles. The standard InChI is InChI=1S/C18H27N7O2/c1-3-27-17-11-16(19-13-20-17)23-15-5-9-24(10-6-15)18(26)22-14(2)12-25-8-4-7-21-25/h4,7-8,11,13-15H,3,5-6,9-10,12H2,1-2H3,(H,22,26)(H,19,20,23). The Morgan fingerprint density at radius 1 is 1.37 bits per heavy atom. The van der Waals surface area contributed by atoms with Gasteiger partial charge in [0.15, 0.2) is 0 Å². The number of anilines is 1. The van der Waals surface area contributed by atoms with Crippen molar-refractivity contribution in [1.82, 2.24) is 30.0 Å². The molecule has 0 aliphatic carbocycles. The average molecular weight is 373 g/mol. The molecule has 2 amide bonds. The predicted molar refractivity (Wildman–Crippen MR) is 102 cm³/mol. The van der Waals surface area contributed by atoms with Crippen LogP contribution in [0.15, 0.2) is 30.9 Å². The summed E-state index contributed by atoms with van der Waals surface area (Å²) in [5.74, 6) is 1.32. The SMILES string of the molecule is CCOc1cc(NC2CCN(C(=O)NC(C)Cn3cccn3)CC2)ncn1. The second-order valence-electron chi connectivity index (χ2n) is 6.66. The summed E-state index contributed by atoms with van der Waals surface area (Å²) in [6.07, 6.45) is 6.87. The number of carbonyl (C=O) groups excluding carboxylic acids is 1. The second kappa shape index (κ2) is 9.20. The summed E-state index contributed by atoms with van der Waals surface area (Å²) in [5.41, 5.74) is 0. The molecule has 27 heavy (non-hydrogen) atoms. The molecule has 1 aliphatic heterocycles. The Bertz CT molecular complexity index is 714. The number of aromatic nitrogens is 4. The Morgan fingerprint density at radius 2 is 2.19 bits per heavy atom. The molecule has 2 aromatic heterocycles. The number of hydrogen-bond donors (Lipinski definition) is 2. The fourth-order valence-electron chi connectivity index (χ4n) is 3.12. The number of amides is 2. The lowest BCUT2D eigenvalue weighted by atomic mass is 10.1. The van der Waals surface area contributed by atoms with Crippen molar-refractivity contribution in [2.75, 3.05) is 25.0 Å². The molecule has 0 bridgehead atoms. The van der Waals surface area contributed by atoms with E-state index in [0.717, 1.165) is 18.7 Å². The van der Waals surface area contributed by atoms with Gasteiger partial charge < -0.3 is 20.3 Å². The Hall–Kier alpha value is -2.84. The van der Waals surface area contributed by atoms with E-state index >= 15 is 0 Å². The van der Waals surface area contributed by atoms with Gasteiger partial charge in [-0.3, -0.25) is 4.68 Å². The normalized spacial score (nSPS) is 16.0. The first-order valence-electron chi connectivity index (χ1n) is 9.38. The number of nitrogens with zero attached hydrogens (tertiary/aromatic N) is 5. The zero-order chi connectivity index (χ0) is 19.1. The maximum atomic E-state index is 12.4. The minimum Gasteiger partial charge on any atom is -0.478 e. The fourth-order valence-corrected chi connectivity index (χ4v) is 3.12. The largest absolute Gasteiger partial charge is 0.478 e. The van der Waals surface area contributed by atoms with Crippen LogP contribution in [0.5, 0.6) is 5.88 Å². The molecule has 1 unspecified atom stereocenters. The van der Waals surface area contributed by atoms with Gasteiger partial charge in [0, 0.05) is 43.6 Å². The quantitative estimate of drug-likeness (QED) is 0.767. The van der Waals surface area contributed by atoms with Gasteiger partial charge >= 0.3 is 6.03 Å². The Kier molecular flexibility index (Phi) is 6.45. The van der Waals surface area contributed by atoms with E-state index in [2.05, 4.69) is 25.7 Å². The monoisotopic (exact) mass is 373 g/mol. The van der Waals surface area contributed by atoms with E-state index in [4.69, 9.17) is 4.74 Å². The first kappa shape index (κ1) is 18.9. The lowest BCUT2D eigenvalue weighted by Gasteiger charge is -2.33. The van der Waals surface area contributed by atoms with Crippen molar-refractivity contribution < 1.29 is 9.53 Å². The van der Waals surface area contributed by atoms with Crippen LogP contribution in [0.3, 0.4) is 0 Å². The minimum atomic E-state index is -0.0197. The molecule has 1 aliphatic rings. The van der Waals surface area contributed by atoms with Crippen molar-refractivity contribution >= 4 is 11.8 Å². The third-order valence-electron chi connectivity index (χ3n) is 4.46. The number of hydrogen-bond acceptors (Lipinski definition) is 6. The summed E-state index contributed by atoms with van der Waals surface area (Å²) in [7, 11) is 0. The summed E-state index contributed by atoms with van der Waals surface area (Å²) < 4.78 is 7.22. The van der Waals surface area contributed by atoms with Crippen molar-refractivity contribution in [3.63, 3.8) is 0 Å². The summed E-state index contributed by atoms with van der Waals surface area (Å²) in [4.78, 5) is 22.6. The molecule has 0 aromatic carbocycles. The van der Waals surface area contributed by atoms with Gasteiger partial charge in [-0.05, 0) is 32.8 Å². The van der Waals surface area contributed by atoms with Crippen molar-refractivity contribution in [2.24, 2.45) is 0 Å². The van der Waals surface area contributed by atoms with Gasteiger partial charge in [-0.25, -0.2) is 14.8 Å². The van der Waals surface area contributed by atoms with Gasteiger partial charge in [-0.1, -0.05) is 0 Å². The number of carbonyl (C=O) groups is 1. The van der Waals surface area contributed by atoms with Crippen LogP contribution in [0, 0.1) is 0 Å². The highest BCUT2D eigenvalue weighted by molar-refractivity contribution is 5.74. The highest BCUT2D eigenvalue weighted by Gasteiger charge is 2.24. The molecular formula is C18H27N7O2. The van der Waals surface area contributed by atoms with E-state index in [1.165, 1.54) is 6.33 Å². The van der Waals surface area contributed by atoms with E-state index in [-0.39, 0.29) is 18.1 Å². The van der Waals surface area contributed by atoms with Crippen LogP contribution in [0.4, 0.5) is 10.6 Å². The molecule has 3 heterocycles. The molecule has 0 radical (unpaired) electrons. The maximum Gasteiger partial charge on any atom is 0.317 e. The fraction of sp³-hybridized carbons (Fsp3) is 0.556. The summed E-state index contributed by atoms with van der Waals surface area (Å²) in [5, 5.41) is 10.6. The molecule has 9 heteroatoms. The Morgan fingerprint density at radius 3 is 2.89 bits per heavy atom. The smallest absolute Gasteiger partial charge is 0.317 e. The molecule has 3 rings (SSSR count). The molecule has 2 N–H and O–H groups in total. The summed E-state index contributed by atoms with van der Waals surface area (Å²) in [6.45, 7) is 6.56. The number of piperidine rings is 1. The topological polar surface area (TPSA) is 97.2 Å². The highest BCUT2D eigenvalue weighted by atomic mass is 16.5. The molecule has 9 nitrogen and oxygen atoms in total. The van der Waals surface area contributed by atoms with Crippen molar-refractivity contribution in [1.29, 1.82) is 0 Å². The van der Waals surface area contributed by atoms with Crippen LogP contribution in [-0.4, -0.2) is 62.5 Å². The van der Waals surface area contributed by atoms with Gasteiger partial charge in [-0.15, -0.1) is 0 Å². The first-order chi connectivity index (χ1) is 13.1. The molecule has 1 saturated heterocycles. The molecule has 2 aromatic rings. The summed E-state index contributed by atoms with van der Waals surface area (Å²) >= 11 is 0. The Balaban J connectivity index is 1.42. The lowest BCUT2D eigenvalue weighted by molar-refractivity contribution is 0.179. The molecule has 146 valence electrons. The third kappa shape index (κ3) is 5.57. The zero-order valence-electron chi connectivity index (χ0n) is 15.8. The van der Waals surface area contributed by atoms with E-state index in [1.54, 1.807) is 12.3 Å². The molecule has 1 atom stereocenters. The predicted octanol–water partition coefficient (Wildman–Crippen LogP) is 1.75. The third-order valence-corrected chi connectivity index (χ3v) is 4.46.